The molecule has 1 amide bonds. The van der Waals surface area contributed by atoms with E-state index < -0.39 is 10.0 Å². The number of amides is 1. The molecule has 1 aliphatic rings. The minimum atomic E-state index is -3.41. The van der Waals surface area contributed by atoms with Gasteiger partial charge >= 0.3 is 0 Å². The zero-order valence-corrected chi connectivity index (χ0v) is 20.0. The number of guanidine groups is 1. The molecule has 1 fully saturated rings. The lowest BCUT2D eigenvalue weighted by Gasteiger charge is -2.34. The van der Waals surface area contributed by atoms with Crippen LogP contribution in [0.2, 0.25) is 0 Å². The Labute approximate surface area is 190 Å². The van der Waals surface area contributed by atoms with Crippen molar-refractivity contribution in [1.29, 1.82) is 0 Å². The predicted octanol–water partition coefficient (Wildman–Crippen LogP) is 1.28. The molecule has 4 N–H and O–H groups in total. The number of carbonyl (C=O) groups excluding carboxylic acids is 1. The van der Waals surface area contributed by atoms with Gasteiger partial charge in [0.25, 0.3) is 0 Å². The van der Waals surface area contributed by atoms with Gasteiger partial charge in [0, 0.05) is 32.6 Å². The number of carbonyl (C=O) groups is 1. The van der Waals surface area contributed by atoms with E-state index in [-0.39, 0.29) is 54.6 Å². The number of nitrogens with one attached hydrogen (secondary N) is 2. The fourth-order valence-corrected chi connectivity index (χ4v) is 4.13. The lowest BCUT2D eigenvalue weighted by molar-refractivity contribution is -0.119. The Balaban J connectivity index is 0.00000420. The Bertz CT molecular complexity index is 758. The molecule has 1 aliphatic heterocycles. The fourth-order valence-electron chi connectivity index (χ4n) is 3.27. The quantitative estimate of drug-likeness (QED) is 0.249. The summed E-state index contributed by atoms with van der Waals surface area (Å²) in [5.74, 6) is 0.540. The molecule has 2 rings (SSSR count). The van der Waals surface area contributed by atoms with E-state index in [1.807, 2.05) is 37.3 Å². The molecule has 1 unspecified atom stereocenters. The number of aliphatic imine (C=N–C) groups is 1. The van der Waals surface area contributed by atoms with Crippen LogP contribution in [0.5, 0.6) is 0 Å². The van der Waals surface area contributed by atoms with E-state index >= 15 is 0 Å². The van der Waals surface area contributed by atoms with E-state index in [9.17, 15) is 13.2 Å². The summed E-state index contributed by atoms with van der Waals surface area (Å²) < 4.78 is 27.1. The zero-order chi connectivity index (χ0) is 20.4. The molecule has 10 heteroatoms. The van der Waals surface area contributed by atoms with Crippen LogP contribution in [0, 0.1) is 5.92 Å². The average Bonchev–Trinajstić information content (AvgIpc) is 2.66. The molecule has 1 atom stereocenters. The van der Waals surface area contributed by atoms with E-state index in [1.54, 1.807) is 0 Å². The maximum absolute atomic E-state index is 12.2. The fraction of sp³-hybridized carbons (Fsp3) is 0.579. The molecule has 0 radical (unpaired) electrons. The summed E-state index contributed by atoms with van der Waals surface area (Å²) in [6.07, 6.45) is 2.30. The maximum Gasteiger partial charge on any atom is 0.217 e. The lowest BCUT2D eigenvalue weighted by Crippen LogP contribution is -2.47. The van der Waals surface area contributed by atoms with Gasteiger partial charge < -0.3 is 16.0 Å². The Hall–Kier alpha value is -1.40. The van der Waals surface area contributed by atoms with Crippen molar-refractivity contribution >= 4 is 45.9 Å². The molecule has 164 valence electrons. The standard InChI is InChI=1S/C19H31N5O3S.HI/c1-2-21-19(24-11-6-9-17(15-24)13-18(20)25)22-10-12-28(26,27)23-14-16-7-4-3-5-8-16;/h3-5,7-8,17,23H,2,6,9-15H2,1H3,(H2,20,25)(H,21,22);1H. The molecule has 0 spiro atoms. The van der Waals surface area contributed by atoms with Gasteiger partial charge in [-0.1, -0.05) is 30.3 Å². The molecule has 0 bridgehead atoms. The van der Waals surface area contributed by atoms with Crippen molar-refractivity contribution < 1.29 is 13.2 Å². The minimum absolute atomic E-state index is 0. The Morgan fingerprint density at radius 3 is 2.69 bits per heavy atom. The number of halogens is 1. The van der Waals surface area contributed by atoms with Crippen molar-refractivity contribution in [3.63, 3.8) is 0 Å². The molecule has 0 aliphatic carbocycles. The van der Waals surface area contributed by atoms with Crippen LogP contribution in [-0.4, -0.2) is 57.1 Å². The molecule has 1 aromatic rings. The largest absolute Gasteiger partial charge is 0.370 e. The summed E-state index contributed by atoms with van der Waals surface area (Å²) in [6.45, 7) is 4.64. The third kappa shape index (κ3) is 9.77. The van der Waals surface area contributed by atoms with Crippen LogP contribution in [0.25, 0.3) is 0 Å². The summed E-state index contributed by atoms with van der Waals surface area (Å²) in [5.41, 5.74) is 6.24. The molecular formula is C19H32IN5O3S. The van der Waals surface area contributed by atoms with E-state index in [0.29, 0.717) is 25.5 Å². The normalized spacial score (nSPS) is 17.5. The number of primary amides is 1. The van der Waals surface area contributed by atoms with Gasteiger partial charge in [0.05, 0.1) is 12.3 Å². The van der Waals surface area contributed by atoms with Crippen molar-refractivity contribution in [2.24, 2.45) is 16.6 Å². The van der Waals surface area contributed by atoms with Gasteiger partial charge in [0.1, 0.15) is 0 Å². The topological polar surface area (TPSA) is 117 Å². The molecule has 0 saturated carbocycles. The van der Waals surface area contributed by atoms with Crippen molar-refractivity contribution in [3.05, 3.63) is 35.9 Å². The second-order valence-electron chi connectivity index (χ2n) is 6.99. The van der Waals surface area contributed by atoms with Gasteiger partial charge in [0.15, 0.2) is 5.96 Å². The Morgan fingerprint density at radius 1 is 1.31 bits per heavy atom. The van der Waals surface area contributed by atoms with Gasteiger partial charge in [0.2, 0.25) is 15.9 Å². The van der Waals surface area contributed by atoms with Crippen molar-refractivity contribution in [1.82, 2.24) is 14.9 Å². The number of piperidine rings is 1. The minimum Gasteiger partial charge on any atom is -0.370 e. The van der Waals surface area contributed by atoms with Crippen molar-refractivity contribution in [2.45, 2.75) is 32.7 Å². The zero-order valence-electron chi connectivity index (χ0n) is 16.8. The van der Waals surface area contributed by atoms with Crippen LogP contribution in [0.3, 0.4) is 0 Å². The van der Waals surface area contributed by atoms with Crippen LogP contribution in [0.15, 0.2) is 35.3 Å². The number of likely N-dealkylation sites (tertiary alicyclic amines) is 1. The van der Waals surface area contributed by atoms with Gasteiger partial charge in [-0.2, -0.15) is 0 Å². The van der Waals surface area contributed by atoms with Crippen LogP contribution in [0.1, 0.15) is 31.7 Å². The second kappa shape index (κ2) is 13.0. The van der Waals surface area contributed by atoms with Gasteiger partial charge in [-0.15, -0.1) is 24.0 Å². The van der Waals surface area contributed by atoms with Crippen molar-refractivity contribution in [3.8, 4) is 0 Å². The predicted molar refractivity (Wildman–Crippen MR) is 127 cm³/mol. The average molecular weight is 537 g/mol. The first-order valence-electron chi connectivity index (χ1n) is 9.72. The lowest BCUT2D eigenvalue weighted by atomic mass is 9.95. The summed E-state index contributed by atoms with van der Waals surface area (Å²) in [5, 5.41) is 3.21. The first-order valence-corrected chi connectivity index (χ1v) is 11.4. The van der Waals surface area contributed by atoms with E-state index in [4.69, 9.17) is 5.73 Å². The van der Waals surface area contributed by atoms with E-state index in [0.717, 1.165) is 24.9 Å². The van der Waals surface area contributed by atoms with Crippen LogP contribution in [0.4, 0.5) is 0 Å². The van der Waals surface area contributed by atoms with Crippen LogP contribution in [-0.2, 0) is 21.4 Å². The summed E-state index contributed by atoms with van der Waals surface area (Å²) in [4.78, 5) is 17.8. The first-order chi connectivity index (χ1) is 13.4. The number of nitrogens with two attached hydrogens (primary N) is 1. The Kier molecular flexibility index (Phi) is 11.5. The van der Waals surface area contributed by atoms with Gasteiger partial charge in [-0.3, -0.25) is 9.79 Å². The smallest absolute Gasteiger partial charge is 0.217 e. The van der Waals surface area contributed by atoms with E-state index in [2.05, 4.69) is 19.9 Å². The summed E-state index contributed by atoms with van der Waals surface area (Å²) >= 11 is 0. The second-order valence-corrected chi connectivity index (χ2v) is 8.91. The monoisotopic (exact) mass is 537 g/mol. The van der Waals surface area contributed by atoms with E-state index in [1.165, 1.54) is 0 Å². The number of nitrogens with zero attached hydrogens (tertiary/aromatic N) is 2. The summed E-state index contributed by atoms with van der Waals surface area (Å²) in [6, 6.07) is 9.40. The van der Waals surface area contributed by atoms with Gasteiger partial charge in [-0.25, -0.2) is 13.1 Å². The summed E-state index contributed by atoms with van der Waals surface area (Å²) in [7, 11) is -3.41. The maximum atomic E-state index is 12.2. The number of sulfonamides is 1. The molecular weight excluding hydrogens is 505 g/mol. The third-order valence-corrected chi connectivity index (χ3v) is 5.91. The Morgan fingerprint density at radius 2 is 2.03 bits per heavy atom. The molecule has 1 saturated heterocycles. The number of rotatable bonds is 9. The number of hydrogen-bond acceptors (Lipinski definition) is 4. The highest BCUT2D eigenvalue weighted by molar-refractivity contribution is 14.0. The third-order valence-electron chi connectivity index (χ3n) is 4.60. The first kappa shape index (κ1) is 25.6. The molecule has 0 aromatic heterocycles. The molecule has 1 heterocycles. The number of hydrogen-bond donors (Lipinski definition) is 3. The van der Waals surface area contributed by atoms with Crippen LogP contribution >= 0.6 is 24.0 Å². The van der Waals surface area contributed by atoms with Crippen molar-refractivity contribution in [2.75, 3.05) is 31.9 Å². The molecule has 29 heavy (non-hydrogen) atoms. The molecule has 8 nitrogen and oxygen atoms in total. The van der Waals surface area contributed by atoms with Crippen LogP contribution < -0.4 is 15.8 Å². The SMILES string of the molecule is CCNC(=NCCS(=O)(=O)NCc1ccccc1)N1CCCC(CC(N)=O)C1.I. The number of benzene rings is 1. The highest BCUT2D eigenvalue weighted by atomic mass is 127. The highest BCUT2D eigenvalue weighted by Crippen LogP contribution is 2.19. The molecule has 1 aromatic carbocycles. The van der Waals surface area contributed by atoms with Gasteiger partial charge in [-0.05, 0) is 31.2 Å². The highest BCUT2D eigenvalue weighted by Gasteiger charge is 2.23.